The summed E-state index contributed by atoms with van der Waals surface area (Å²) in [4.78, 5) is 28.8. The van der Waals surface area contributed by atoms with Crippen LogP contribution >= 0.6 is 0 Å². The smallest absolute Gasteiger partial charge is 0.317 e. The lowest BCUT2D eigenvalue weighted by atomic mass is 9.82. The number of piperidine rings is 1. The molecule has 1 aromatic carbocycles. The number of carbonyl (C=O) groups excluding carboxylic acids is 2. The number of amides is 3. The molecule has 2 aliphatic rings. The van der Waals surface area contributed by atoms with Gasteiger partial charge in [0.1, 0.15) is 5.75 Å². The third-order valence-electron chi connectivity index (χ3n) is 5.67. The normalized spacial score (nSPS) is 22.6. The Hall–Kier alpha value is -2.50. The van der Waals surface area contributed by atoms with Crippen molar-refractivity contribution in [3.05, 3.63) is 42.5 Å². The Labute approximate surface area is 161 Å². The Morgan fingerprint density at radius 2 is 2.00 bits per heavy atom. The van der Waals surface area contributed by atoms with Gasteiger partial charge in [0.2, 0.25) is 5.91 Å². The summed E-state index contributed by atoms with van der Waals surface area (Å²) < 4.78 is 5.20. The van der Waals surface area contributed by atoms with E-state index in [1.54, 1.807) is 13.2 Å². The molecule has 2 heterocycles. The van der Waals surface area contributed by atoms with Crippen LogP contribution < -0.4 is 10.1 Å². The van der Waals surface area contributed by atoms with Crippen LogP contribution in [0.4, 0.5) is 4.79 Å². The van der Waals surface area contributed by atoms with Crippen molar-refractivity contribution in [2.45, 2.75) is 25.8 Å². The minimum atomic E-state index is -0.0287. The molecule has 146 valence electrons. The van der Waals surface area contributed by atoms with Crippen LogP contribution in [-0.2, 0) is 11.3 Å². The van der Waals surface area contributed by atoms with E-state index in [4.69, 9.17) is 4.74 Å². The Kier molecular flexibility index (Phi) is 6.37. The number of nitrogens with zero attached hydrogens (tertiary/aromatic N) is 2. The summed E-state index contributed by atoms with van der Waals surface area (Å²) in [5.74, 6) is 1.81. The van der Waals surface area contributed by atoms with E-state index in [0.717, 1.165) is 43.8 Å². The van der Waals surface area contributed by atoms with Gasteiger partial charge in [-0.3, -0.25) is 4.79 Å². The number of benzene rings is 1. The van der Waals surface area contributed by atoms with Gasteiger partial charge in [0.05, 0.1) is 7.11 Å². The van der Waals surface area contributed by atoms with Gasteiger partial charge in [0.25, 0.3) is 0 Å². The lowest BCUT2D eigenvalue weighted by Crippen LogP contribution is -2.48. The maximum Gasteiger partial charge on any atom is 0.317 e. The van der Waals surface area contributed by atoms with E-state index >= 15 is 0 Å². The van der Waals surface area contributed by atoms with Gasteiger partial charge in [-0.15, -0.1) is 6.58 Å². The molecule has 3 rings (SSSR count). The van der Waals surface area contributed by atoms with Crippen molar-refractivity contribution >= 4 is 11.9 Å². The largest absolute Gasteiger partial charge is 0.497 e. The topological polar surface area (TPSA) is 61.9 Å². The predicted molar refractivity (Wildman–Crippen MR) is 104 cm³/mol. The molecule has 0 spiro atoms. The van der Waals surface area contributed by atoms with Crippen molar-refractivity contribution in [1.29, 1.82) is 0 Å². The molecule has 6 nitrogen and oxygen atoms in total. The van der Waals surface area contributed by atoms with Gasteiger partial charge in [0, 0.05) is 39.1 Å². The lowest BCUT2D eigenvalue weighted by Gasteiger charge is -2.37. The van der Waals surface area contributed by atoms with Crippen molar-refractivity contribution in [3.8, 4) is 5.75 Å². The number of methoxy groups -OCH3 is 1. The van der Waals surface area contributed by atoms with Crippen LogP contribution in [0.15, 0.2) is 36.9 Å². The number of carbonyl (C=O) groups is 2. The Morgan fingerprint density at radius 1 is 1.26 bits per heavy atom. The first-order valence-corrected chi connectivity index (χ1v) is 9.65. The van der Waals surface area contributed by atoms with Crippen LogP contribution in [0.1, 0.15) is 24.8 Å². The molecule has 2 aliphatic heterocycles. The number of ether oxygens (including phenoxy) is 1. The summed E-state index contributed by atoms with van der Waals surface area (Å²) in [6, 6.07) is 7.85. The van der Waals surface area contributed by atoms with Crippen molar-refractivity contribution in [3.63, 3.8) is 0 Å². The first-order valence-electron chi connectivity index (χ1n) is 9.65. The van der Waals surface area contributed by atoms with Gasteiger partial charge in [-0.05, 0) is 42.4 Å². The number of nitrogens with one attached hydrogen (secondary N) is 1. The standard InChI is InChI=1S/C21H29N3O3/c1-3-10-22-21(26)24-12-8-17-13-20(25)23(11-9-18(17)15-24)14-16-4-6-19(27-2)7-5-16/h3-7,17-18H,1,8-15H2,2H3,(H,22,26). The highest BCUT2D eigenvalue weighted by molar-refractivity contribution is 5.77. The molecule has 2 atom stereocenters. The van der Waals surface area contributed by atoms with Crippen molar-refractivity contribution in [1.82, 2.24) is 15.1 Å². The van der Waals surface area contributed by atoms with Crippen LogP contribution in [0.25, 0.3) is 0 Å². The molecular formula is C21H29N3O3. The first kappa shape index (κ1) is 19.3. The first-order chi connectivity index (χ1) is 13.1. The van der Waals surface area contributed by atoms with Crippen LogP contribution in [0.3, 0.4) is 0 Å². The molecule has 0 aliphatic carbocycles. The average molecular weight is 371 g/mol. The molecule has 1 N–H and O–H groups in total. The molecule has 0 aromatic heterocycles. The fourth-order valence-electron chi connectivity index (χ4n) is 4.05. The van der Waals surface area contributed by atoms with Gasteiger partial charge in [0.15, 0.2) is 0 Å². The third-order valence-corrected chi connectivity index (χ3v) is 5.67. The summed E-state index contributed by atoms with van der Waals surface area (Å²) in [6.07, 6.45) is 4.11. The van der Waals surface area contributed by atoms with Gasteiger partial charge in [-0.1, -0.05) is 18.2 Å². The highest BCUT2D eigenvalue weighted by Crippen LogP contribution is 2.33. The maximum atomic E-state index is 12.8. The second-order valence-corrected chi connectivity index (χ2v) is 7.39. The molecule has 2 unspecified atom stereocenters. The molecule has 3 amide bonds. The van der Waals surface area contributed by atoms with Crippen molar-refractivity contribution < 1.29 is 14.3 Å². The monoisotopic (exact) mass is 371 g/mol. The van der Waals surface area contributed by atoms with E-state index in [9.17, 15) is 9.59 Å². The Morgan fingerprint density at radius 3 is 2.70 bits per heavy atom. The zero-order valence-corrected chi connectivity index (χ0v) is 16.0. The third kappa shape index (κ3) is 4.81. The summed E-state index contributed by atoms with van der Waals surface area (Å²) in [5, 5.41) is 2.85. The summed E-state index contributed by atoms with van der Waals surface area (Å²) >= 11 is 0. The number of hydrogen-bond donors (Lipinski definition) is 1. The molecule has 0 saturated carbocycles. The predicted octanol–water partition coefficient (Wildman–Crippen LogP) is 2.65. The average Bonchev–Trinajstić information content (AvgIpc) is 2.85. The zero-order valence-electron chi connectivity index (χ0n) is 16.0. The molecule has 2 saturated heterocycles. The molecule has 1 aromatic rings. The van der Waals surface area contributed by atoms with Crippen LogP contribution in [-0.4, -0.2) is 55.0 Å². The fraction of sp³-hybridized carbons (Fsp3) is 0.524. The molecule has 0 radical (unpaired) electrons. The Bertz CT molecular complexity index is 674. The van der Waals surface area contributed by atoms with Crippen LogP contribution in [0, 0.1) is 11.8 Å². The second-order valence-electron chi connectivity index (χ2n) is 7.39. The number of fused-ring (bicyclic) bond motifs is 1. The lowest BCUT2D eigenvalue weighted by molar-refractivity contribution is -0.132. The van der Waals surface area contributed by atoms with Gasteiger partial charge in [-0.25, -0.2) is 4.79 Å². The molecule has 0 bridgehead atoms. The van der Waals surface area contributed by atoms with E-state index < -0.39 is 0 Å². The number of likely N-dealkylation sites (tertiary alicyclic amines) is 2. The van der Waals surface area contributed by atoms with Crippen LogP contribution in [0.5, 0.6) is 5.75 Å². The summed E-state index contributed by atoms with van der Waals surface area (Å²) in [5.41, 5.74) is 1.11. The zero-order chi connectivity index (χ0) is 19.2. The van der Waals surface area contributed by atoms with Gasteiger partial charge in [-0.2, -0.15) is 0 Å². The highest BCUT2D eigenvalue weighted by Gasteiger charge is 2.36. The van der Waals surface area contributed by atoms with Gasteiger partial charge < -0.3 is 19.9 Å². The molecule has 2 fully saturated rings. The van der Waals surface area contributed by atoms with E-state index in [0.29, 0.717) is 31.3 Å². The second kappa shape index (κ2) is 8.93. The van der Waals surface area contributed by atoms with E-state index in [2.05, 4.69) is 11.9 Å². The minimum absolute atomic E-state index is 0.0287. The van der Waals surface area contributed by atoms with E-state index in [1.165, 1.54) is 0 Å². The quantitative estimate of drug-likeness (QED) is 0.810. The summed E-state index contributed by atoms with van der Waals surface area (Å²) in [6.45, 7) is 6.94. The van der Waals surface area contributed by atoms with E-state index in [1.807, 2.05) is 34.1 Å². The summed E-state index contributed by atoms with van der Waals surface area (Å²) in [7, 11) is 1.65. The van der Waals surface area contributed by atoms with Gasteiger partial charge >= 0.3 is 6.03 Å². The minimum Gasteiger partial charge on any atom is -0.497 e. The SMILES string of the molecule is C=CCNC(=O)N1CCC2CC(=O)N(Cc3ccc(OC)cc3)CCC2C1. The number of hydrogen-bond acceptors (Lipinski definition) is 3. The highest BCUT2D eigenvalue weighted by atomic mass is 16.5. The molecule has 27 heavy (non-hydrogen) atoms. The fourth-order valence-corrected chi connectivity index (χ4v) is 4.05. The van der Waals surface area contributed by atoms with Crippen LogP contribution in [0.2, 0.25) is 0 Å². The van der Waals surface area contributed by atoms with E-state index in [-0.39, 0.29) is 11.9 Å². The number of rotatable bonds is 5. The van der Waals surface area contributed by atoms with Crippen molar-refractivity contribution in [2.75, 3.05) is 33.3 Å². The number of urea groups is 1. The molecular weight excluding hydrogens is 342 g/mol. The molecule has 6 heteroatoms. The Balaban J connectivity index is 1.59. The maximum absolute atomic E-state index is 12.8. The van der Waals surface area contributed by atoms with Crippen molar-refractivity contribution in [2.24, 2.45) is 11.8 Å².